The van der Waals surface area contributed by atoms with Gasteiger partial charge in [0.15, 0.2) is 0 Å². The summed E-state index contributed by atoms with van der Waals surface area (Å²) in [6, 6.07) is 3.86. The zero-order chi connectivity index (χ0) is 15.9. The topological polar surface area (TPSA) is 66.5 Å². The molecular formula is C16H20N2O3. The lowest BCUT2D eigenvalue weighted by Gasteiger charge is -2.40. The zero-order valence-corrected chi connectivity index (χ0v) is 13.0. The van der Waals surface area contributed by atoms with Gasteiger partial charge in [-0.1, -0.05) is 17.7 Å². The molecule has 1 heterocycles. The summed E-state index contributed by atoms with van der Waals surface area (Å²) < 4.78 is 0. The second-order valence-electron chi connectivity index (χ2n) is 6.10. The largest absolute Gasteiger partial charge is 0.315 e. The molecule has 2 rings (SSSR count). The minimum atomic E-state index is -1.05. The van der Waals surface area contributed by atoms with Crippen LogP contribution in [0.5, 0.6) is 0 Å². The molecule has 3 amide bonds. The molecule has 1 saturated heterocycles. The van der Waals surface area contributed by atoms with Crippen LogP contribution in [0.2, 0.25) is 0 Å². The third-order valence-electron chi connectivity index (χ3n) is 3.92. The number of carbonyl (C=O) groups is 3. The highest BCUT2D eigenvalue weighted by Gasteiger charge is 2.44. The molecular weight excluding hydrogens is 268 g/mol. The molecule has 0 bridgehead atoms. The number of imide groups is 1. The van der Waals surface area contributed by atoms with Gasteiger partial charge in [-0.2, -0.15) is 0 Å². The Morgan fingerprint density at radius 3 is 2.19 bits per heavy atom. The number of hydrogen-bond donors (Lipinski definition) is 1. The summed E-state index contributed by atoms with van der Waals surface area (Å²) in [6.07, 6.45) is 0. The van der Waals surface area contributed by atoms with Crippen LogP contribution in [0.25, 0.3) is 0 Å². The highest BCUT2D eigenvalue weighted by atomic mass is 16.2. The number of rotatable bonds is 1. The molecule has 1 aliphatic heterocycles. The molecule has 1 fully saturated rings. The van der Waals surface area contributed by atoms with E-state index in [0.717, 1.165) is 16.7 Å². The fourth-order valence-electron chi connectivity index (χ4n) is 2.76. The van der Waals surface area contributed by atoms with Crippen LogP contribution in [-0.4, -0.2) is 34.7 Å². The molecule has 0 spiro atoms. The van der Waals surface area contributed by atoms with E-state index in [2.05, 4.69) is 5.32 Å². The van der Waals surface area contributed by atoms with Gasteiger partial charge in [0.1, 0.15) is 12.1 Å². The molecule has 21 heavy (non-hydrogen) atoms. The van der Waals surface area contributed by atoms with Crippen molar-refractivity contribution in [3.8, 4) is 0 Å². The molecule has 0 radical (unpaired) electrons. The predicted octanol–water partition coefficient (Wildman–Crippen LogP) is 1.49. The van der Waals surface area contributed by atoms with E-state index in [9.17, 15) is 14.4 Å². The van der Waals surface area contributed by atoms with Crippen LogP contribution in [0.1, 0.15) is 40.9 Å². The molecule has 1 N–H and O–H groups in total. The Balaban J connectivity index is 2.48. The standard InChI is InChI=1S/C16H20N2O3/c1-9-6-10(2)13(11(3)7-9)14(20)18-8-12(19)17-15(21)16(18,4)5/h6-7H,8H2,1-5H3,(H,17,19,21). The van der Waals surface area contributed by atoms with E-state index >= 15 is 0 Å². The molecule has 0 atom stereocenters. The monoisotopic (exact) mass is 288 g/mol. The maximum Gasteiger partial charge on any atom is 0.255 e. The fraction of sp³-hybridized carbons (Fsp3) is 0.438. The van der Waals surface area contributed by atoms with Crippen LogP contribution in [-0.2, 0) is 9.59 Å². The van der Waals surface area contributed by atoms with E-state index in [1.807, 2.05) is 32.9 Å². The number of aryl methyl sites for hydroxylation is 3. The van der Waals surface area contributed by atoms with Crippen LogP contribution >= 0.6 is 0 Å². The third kappa shape index (κ3) is 2.55. The highest BCUT2D eigenvalue weighted by Crippen LogP contribution is 2.25. The Morgan fingerprint density at radius 2 is 1.67 bits per heavy atom. The van der Waals surface area contributed by atoms with Gasteiger partial charge in [-0.05, 0) is 45.7 Å². The highest BCUT2D eigenvalue weighted by molar-refractivity contribution is 6.09. The van der Waals surface area contributed by atoms with Gasteiger partial charge in [-0.3, -0.25) is 19.7 Å². The molecule has 1 aliphatic rings. The van der Waals surface area contributed by atoms with Gasteiger partial charge in [-0.15, -0.1) is 0 Å². The first-order chi connectivity index (χ1) is 9.64. The van der Waals surface area contributed by atoms with E-state index in [0.29, 0.717) is 5.56 Å². The minimum absolute atomic E-state index is 0.107. The number of amides is 3. The van der Waals surface area contributed by atoms with E-state index in [1.165, 1.54) is 4.90 Å². The van der Waals surface area contributed by atoms with Gasteiger partial charge in [0.05, 0.1) is 0 Å². The molecule has 1 aromatic rings. The smallest absolute Gasteiger partial charge is 0.255 e. The molecule has 0 aromatic heterocycles. The molecule has 0 aliphatic carbocycles. The van der Waals surface area contributed by atoms with Crippen molar-refractivity contribution >= 4 is 17.7 Å². The first kappa shape index (κ1) is 15.2. The molecule has 1 aromatic carbocycles. The van der Waals surface area contributed by atoms with Gasteiger partial charge in [0.2, 0.25) is 5.91 Å². The van der Waals surface area contributed by atoms with Crippen molar-refractivity contribution in [1.29, 1.82) is 0 Å². The van der Waals surface area contributed by atoms with Gasteiger partial charge < -0.3 is 4.90 Å². The summed E-state index contributed by atoms with van der Waals surface area (Å²) in [7, 11) is 0. The van der Waals surface area contributed by atoms with E-state index in [4.69, 9.17) is 0 Å². The number of hydrogen-bond acceptors (Lipinski definition) is 3. The van der Waals surface area contributed by atoms with Crippen LogP contribution in [0, 0.1) is 20.8 Å². The SMILES string of the molecule is Cc1cc(C)c(C(=O)N2CC(=O)NC(=O)C2(C)C)c(C)c1. The maximum atomic E-state index is 12.9. The maximum absolute atomic E-state index is 12.9. The molecule has 0 saturated carbocycles. The third-order valence-corrected chi connectivity index (χ3v) is 3.92. The van der Waals surface area contributed by atoms with Gasteiger partial charge in [0.25, 0.3) is 11.8 Å². The fourth-order valence-corrected chi connectivity index (χ4v) is 2.76. The average Bonchev–Trinajstić information content (AvgIpc) is 2.32. The summed E-state index contributed by atoms with van der Waals surface area (Å²) >= 11 is 0. The summed E-state index contributed by atoms with van der Waals surface area (Å²) in [4.78, 5) is 37.8. The van der Waals surface area contributed by atoms with Gasteiger partial charge in [0, 0.05) is 5.56 Å². The number of nitrogens with zero attached hydrogens (tertiary/aromatic N) is 1. The Morgan fingerprint density at radius 1 is 1.14 bits per heavy atom. The Labute approximate surface area is 124 Å². The van der Waals surface area contributed by atoms with E-state index < -0.39 is 17.4 Å². The van der Waals surface area contributed by atoms with Gasteiger partial charge >= 0.3 is 0 Å². The summed E-state index contributed by atoms with van der Waals surface area (Å²) in [6.45, 7) is 8.88. The zero-order valence-electron chi connectivity index (χ0n) is 13.0. The van der Waals surface area contributed by atoms with Crippen molar-refractivity contribution in [1.82, 2.24) is 10.2 Å². The lowest BCUT2D eigenvalue weighted by Crippen LogP contribution is -2.65. The second-order valence-corrected chi connectivity index (χ2v) is 6.10. The Hall–Kier alpha value is -2.17. The number of nitrogens with one attached hydrogen (secondary N) is 1. The number of piperazine rings is 1. The lowest BCUT2D eigenvalue weighted by molar-refractivity contribution is -0.143. The van der Waals surface area contributed by atoms with Crippen molar-refractivity contribution in [3.63, 3.8) is 0 Å². The van der Waals surface area contributed by atoms with Crippen molar-refractivity contribution in [2.24, 2.45) is 0 Å². The van der Waals surface area contributed by atoms with Crippen LogP contribution in [0.3, 0.4) is 0 Å². The van der Waals surface area contributed by atoms with Gasteiger partial charge in [-0.25, -0.2) is 0 Å². The second kappa shape index (κ2) is 4.98. The predicted molar refractivity (Wildman–Crippen MR) is 78.9 cm³/mol. The normalized spacial score (nSPS) is 17.7. The number of benzene rings is 1. The first-order valence-corrected chi connectivity index (χ1v) is 6.88. The summed E-state index contributed by atoms with van der Waals surface area (Å²) in [5.74, 6) is -1.18. The molecule has 112 valence electrons. The Kier molecular flexibility index (Phi) is 3.61. The first-order valence-electron chi connectivity index (χ1n) is 6.88. The summed E-state index contributed by atoms with van der Waals surface area (Å²) in [5.41, 5.74) is 2.30. The van der Waals surface area contributed by atoms with E-state index in [-0.39, 0.29) is 12.5 Å². The van der Waals surface area contributed by atoms with Crippen molar-refractivity contribution < 1.29 is 14.4 Å². The lowest BCUT2D eigenvalue weighted by atomic mass is 9.94. The van der Waals surface area contributed by atoms with Crippen LogP contribution < -0.4 is 5.32 Å². The van der Waals surface area contributed by atoms with Crippen molar-refractivity contribution in [2.45, 2.75) is 40.2 Å². The van der Waals surface area contributed by atoms with E-state index in [1.54, 1.807) is 13.8 Å². The average molecular weight is 288 g/mol. The number of carbonyl (C=O) groups excluding carboxylic acids is 3. The van der Waals surface area contributed by atoms with Crippen molar-refractivity contribution in [2.75, 3.05) is 6.54 Å². The molecule has 0 unspecified atom stereocenters. The minimum Gasteiger partial charge on any atom is -0.315 e. The quantitative estimate of drug-likeness (QED) is 0.796. The van der Waals surface area contributed by atoms with Crippen LogP contribution in [0.4, 0.5) is 0 Å². The Bertz CT molecular complexity index is 624. The molecule has 5 nitrogen and oxygen atoms in total. The van der Waals surface area contributed by atoms with Crippen LogP contribution in [0.15, 0.2) is 12.1 Å². The van der Waals surface area contributed by atoms with Crippen molar-refractivity contribution in [3.05, 3.63) is 34.4 Å². The summed E-state index contributed by atoms with van der Waals surface area (Å²) in [5, 5.41) is 2.27. The molecule has 5 heteroatoms.